The van der Waals surface area contributed by atoms with Crippen LogP contribution in [-0.4, -0.2) is 11.7 Å². The van der Waals surface area contributed by atoms with Crippen molar-refractivity contribution in [2.45, 2.75) is 26.0 Å². The van der Waals surface area contributed by atoms with Crippen molar-refractivity contribution in [2.24, 2.45) is 0 Å². The molecule has 2 unspecified atom stereocenters. The molecule has 5 heteroatoms. The second-order valence-electron chi connectivity index (χ2n) is 4.76. The molecule has 108 valence electrons. The summed E-state index contributed by atoms with van der Waals surface area (Å²) in [5, 5.41) is 13.1. The lowest BCUT2D eigenvalue weighted by atomic mass is 10.1. The van der Waals surface area contributed by atoms with Crippen molar-refractivity contribution in [1.82, 2.24) is 5.32 Å². The Morgan fingerprint density at radius 2 is 2.00 bits per heavy atom. The Labute approximate surface area is 121 Å². The fourth-order valence-corrected chi connectivity index (χ4v) is 2.86. The van der Waals surface area contributed by atoms with Crippen LogP contribution in [0.25, 0.3) is 0 Å². The summed E-state index contributed by atoms with van der Waals surface area (Å²) in [7, 11) is 0. The zero-order chi connectivity index (χ0) is 14.7. The number of aryl methyl sites for hydroxylation is 1. The predicted molar refractivity (Wildman–Crippen MR) is 76.8 cm³/mol. The topological polar surface area (TPSA) is 32.3 Å². The van der Waals surface area contributed by atoms with Gasteiger partial charge in [-0.15, -0.1) is 11.3 Å². The average molecular weight is 297 g/mol. The van der Waals surface area contributed by atoms with Gasteiger partial charge in [0.15, 0.2) is 0 Å². The molecule has 0 bridgehead atoms. The first-order valence-electron chi connectivity index (χ1n) is 6.40. The van der Waals surface area contributed by atoms with Crippen molar-refractivity contribution < 1.29 is 13.9 Å². The Kier molecular flexibility index (Phi) is 4.86. The number of hydrogen-bond acceptors (Lipinski definition) is 3. The fourth-order valence-electron chi connectivity index (χ4n) is 1.96. The Hall–Kier alpha value is -1.30. The first-order valence-corrected chi connectivity index (χ1v) is 7.21. The van der Waals surface area contributed by atoms with Crippen molar-refractivity contribution in [1.29, 1.82) is 0 Å². The molecule has 0 radical (unpaired) electrons. The van der Waals surface area contributed by atoms with Crippen LogP contribution in [0.1, 0.15) is 34.4 Å². The van der Waals surface area contributed by atoms with E-state index in [1.54, 1.807) is 11.3 Å². The zero-order valence-corrected chi connectivity index (χ0v) is 12.2. The Balaban J connectivity index is 1.98. The molecule has 0 saturated carbocycles. The summed E-state index contributed by atoms with van der Waals surface area (Å²) in [5.41, 5.74) is -0.0212. The van der Waals surface area contributed by atoms with Crippen LogP contribution in [-0.2, 0) is 0 Å². The van der Waals surface area contributed by atoms with Gasteiger partial charge in [-0.25, -0.2) is 8.78 Å². The van der Waals surface area contributed by atoms with Crippen LogP contribution in [0.4, 0.5) is 8.78 Å². The molecular formula is C15H17F2NOS. The number of nitrogens with one attached hydrogen (secondary N) is 1. The molecule has 2 rings (SSSR count). The van der Waals surface area contributed by atoms with E-state index in [1.807, 2.05) is 26.0 Å². The van der Waals surface area contributed by atoms with Crippen LogP contribution in [0.5, 0.6) is 0 Å². The molecule has 20 heavy (non-hydrogen) atoms. The van der Waals surface area contributed by atoms with Crippen LogP contribution in [0.3, 0.4) is 0 Å². The molecule has 1 heterocycles. The highest BCUT2D eigenvalue weighted by Crippen LogP contribution is 2.23. The summed E-state index contributed by atoms with van der Waals surface area (Å²) in [4.78, 5) is 2.36. The molecule has 2 atom stereocenters. The molecule has 0 saturated heterocycles. The Morgan fingerprint density at radius 3 is 2.65 bits per heavy atom. The molecule has 0 amide bonds. The maximum absolute atomic E-state index is 13.5. The van der Waals surface area contributed by atoms with Gasteiger partial charge in [-0.1, -0.05) is 0 Å². The molecule has 0 aliphatic rings. The van der Waals surface area contributed by atoms with Crippen molar-refractivity contribution in [3.63, 3.8) is 0 Å². The second-order valence-corrected chi connectivity index (χ2v) is 6.08. The van der Waals surface area contributed by atoms with Gasteiger partial charge in [-0.2, -0.15) is 0 Å². The number of rotatable bonds is 5. The van der Waals surface area contributed by atoms with Crippen molar-refractivity contribution in [2.75, 3.05) is 6.54 Å². The highest BCUT2D eigenvalue weighted by Gasteiger charge is 2.15. The van der Waals surface area contributed by atoms with Crippen LogP contribution < -0.4 is 5.32 Å². The molecule has 1 aromatic heterocycles. The van der Waals surface area contributed by atoms with Crippen LogP contribution in [0.2, 0.25) is 0 Å². The third-order valence-electron chi connectivity index (χ3n) is 3.12. The van der Waals surface area contributed by atoms with Crippen molar-refractivity contribution in [3.8, 4) is 0 Å². The maximum atomic E-state index is 13.5. The van der Waals surface area contributed by atoms with E-state index in [2.05, 4.69) is 5.32 Å². The van der Waals surface area contributed by atoms with Gasteiger partial charge in [0.25, 0.3) is 0 Å². The van der Waals surface area contributed by atoms with Gasteiger partial charge in [0.1, 0.15) is 11.6 Å². The third kappa shape index (κ3) is 3.62. The lowest BCUT2D eigenvalue weighted by molar-refractivity contribution is 0.166. The number of benzene rings is 1. The molecule has 0 aliphatic carbocycles. The number of thiophene rings is 1. The van der Waals surface area contributed by atoms with E-state index in [-0.39, 0.29) is 18.2 Å². The van der Waals surface area contributed by atoms with Crippen LogP contribution >= 0.6 is 11.3 Å². The number of hydrogen-bond donors (Lipinski definition) is 2. The smallest absolute Gasteiger partial charge is 0.129 e. The van der Waals surface area contributed by atoms with E-state index in [1.165, 1.54) is 4.88 Å². The van der Waals surface area contributed by atoms with Gasteiger partial charge in [-0.3, -0.25) is 0 Å². The summed E-state index contributed by atoms with van der Waals surface area (Å²) in [6.45, 7) is 4.16. The average Bonchev–Trinajstić information content (AvgIpc) is 2.85. The SMILES string of the molecule is Cc1ccc(C(C)NCC(O)c2cc(F)ccc2F)s1. The molecule has 2 aromatic rings. The van der Waals surface area contributed by atoms with Gasteiger partial charge >= 0.3 is 0 Å². The molecule has 1 aromatic carbocycles. The monoisotopic (exact) mass is 297 g/mol. The third-order valence-corrected chi connectivity index (χ3v) is 4.31. The van der Waals surface area contributed by atoms with Gasteiger partial charge in [-0.05, 0) is 44.2 Å². The minimum atomic E-state index is -1.07. The minimum Gasteiger partial charge on any atom is -0.387 e. The summed E-state index contributed by atoms with van der Waals surface area (Å²) in [6.07, 6.45) is -1.07. The maximum Gasteiger partial charge on any atom is 0.129 e. The standard InChI is InChI=1S/C15H17F2NOS/c1-9-3-6-15(20-9)10(2)18-8-14(19)12-7-11(16)4-5-13(12)17/h3-7,10,14,18-19H,8H2,1-2H3. The first kappa shape index (κ1) is 15.1. The Morgan fingerprint density at radius 1 is 1.25 bits per heavy atom. The normalized spacial score (nSPS) is 14.2. The van der Waals surface area contributed by atoms with E-state index in [9.17, 15) is 13.9 Å². The summed E-state index contributed by atoms with van der Waals surface area (Å²) < 4.78 is 26.6. The van der Waals surface area contributed by atoms with E-state index in [0.29, 0.717) is 0 Å². The summed E-state index contributed by atoms with van der Waals surface area (Å²) in [6, 6.07) is 7.20. The summed E-state index contributed by atoms with van der Waals surface area (Å²) >= 11 is 1.67. The first-order chi connectivity index (χ1) is 9.47. The second kappa shape index (κ2) is 6.43. The quantitative estimate of drug-likeness (QED) is 0.881. The predicted octanol–water partition coefficient (Wildman–Crippen LogP) is 3.72. The van der Waals surface area contributed by atoms with Crippen molar-refractivity contribution in [3.05, 3.63) is 57.3 Å². The van der Waals surface area contributed by atoms with Gasteiger partial charge < -0.3 is 10.4 Å². The molecule has 2 nitrogen and oxygen atoms in total. The summed E-state index contributed by atoms with van der Waals surface area (Å²) in [5.74, 6) is -1.15. The van der Waals surface area contributed by atoms with Gasteiger partial charge in [0.05, 0.1) is 6.10 Å². The largest absolute Gasteiger partial charge is 0.387 e. The molecule has 2 N–H and O–H groups in total. The number of aliphatic hydroxyl groups excluding tert-OH is 1. The Bertz CT molecular complexity index is 585. The van der Waals surface area contributed by atoms with Gasteiger partial charge in [0.2, 0.25) is 0 Å². The van der Waals surface area contributed by atoms with Crippen LogP contribution in [0.15, 0.2) is 30.3 Å². The highest BCUT2D eigenvalue weighted by molar-refractivity contribution is 7.12. The van der Waals surface area contributed by atoms with E-state index >= 15 is 0 Å². The molecule has 0 spiro atoms. The molecular weight excluding hydrogens is 280 g/mol. The number of aliphatic hydroxyl groups is 1. The van der Waals surface area contributed by atoms with E-state index in [4.69, 9.17) is 0 Å². The molecule has 0 aliphatic heterocycles. The van der Waals surface area contributed by atoms with Gasteiger partial charge in [0, 0.05) is 27.9 Å². The van der Waals surface area contributed by atoms with Crippen molar-refractivity contribution >= 4 is 11.3 Å². The fraction of sp³-hybridized carbons (Fsp3) is 0.333. The van der Waals surface area contributed by atoms with E-state index < -0.39 is 17.7 Å². The van der Waals surface area contributed by atoms with E-state index in [0.717, 1.165) is 23.1 Å². The molecule has 0 fully saturated rings. The lowest BCUT2D eigenvalue weighted by Crippen LogP contribution is -2.24. The number of halogens is 2. The highest BCUT2D eigenvalue weighted by atomic mass is 32.1. The lowest BCUT2D eigenvalue weighted by Gasteiger charge is -2.17. The zero-order valence-electron chi connectivity index (χ0n) is 11.4. The minimum absolute atomic E-state index is 0.0212. The van der Waals surface area contributed by atoms with Crippen LogP contribution in [0, 0.1) is 18.6 Å².